The first-order chi connectivity index (χ1) is 10.8. The van der Waals surface area contributed by atoms with Gasteiger partial charge >= 0.3 is 0 Å². The van der Waals surface area contributed by atoms with Crippen LogP contribution in [0.2, 0.25) is 0 Å². The fourth-order valence-corrected chi connectivity index (χ4v) is 5.10. The van der Waals surface area contributed by atoms with Crippen LogP contribution in [0.1, 0.15) is 55.8 Å². The van der Waals surface area contributed by atoms with E-state index in [1.807, 2.05) is 12.3 Å². The predicted octanol–water partition coefficient (Wildman–Crippen LogP) is 4.00. The maximum Gasteiger partial charge on any atom is 0.161 e. The van der Waals surface area contributed by atoms with Gasteiger partial charge < -0.3 is 0 Å². The zero-order valence-corrected chi connectivity index (χ0v) is 14.1. The fourth-order valence-electron chi connectivity index (χ4n) is 3.80. The van der Waals surface area contributed by atoms with E-state index in [9.17, 15) is 0 Å². The van der Waals surface area contributed by atoms with Crippen molar-refractivity contribution in [2.24, 2.45) is 0 Å². The molecule has 4 nitrogen and oxygen atoms in total. The van der Waals surface area contributed by atoms with E-state index >= 15 is 0 Å². The van der Waals surface area contributed by atoms with Gasteiger partial charge in [0.2, 0.25) is 0 Å². The molecule has 0 aliphatic carbocycles. The second kappa shape index (κ2) is 6.20. The molecule has 0 amide bonds. The molecule has 2 saturated heterocycles. The topological polar surface area (TPSA) is 34.0 Å². The van der Waals surface area contributed by atoms with Crippen LogP contribution >= 0.6 is 11.8 Å². The van der Waals surface area contributed by atoms with Crippen LogP contribution in [0.25, 0.3) is 11.2 Å². The van der Waals surface area contributed by atoms with Crippen molar-refractivity contribution >= 4 is 22.9 Å². The Bertz CT molecular complexity index is 647. The number of aromatic nitrogens is 3. The van der Waals surface area contributed by atoms with E-state index in [0.29, 0.717) is 11.4 Å². The largest absolute Gasteiger partial charge is 0.295 e. The summed E-state index contributed by atoms with van der Waals surface area (Å²) in [6.45, 7) is 1.18. The highest BCUT2D eigenvalue weighted by Gasteiger charge is 2.30. The molecule has 118 valence electrons. The van der Waals surface area contributed by atoms with Crippen molar-refractivity contribution in [1.29, 1.82) is 0 Å². The molecule has 0 saturated carbocycles. The van der Waals surface area contributed by atoms with Crippen molar-refractivity contribution in [3.05, 3.63) is 24.2 Å². The highest BCUT2D eigenvalue weighted by atomic mass is 32.2. The van der Waals surface area contributed by atoms with Crippen molar-refractivity contribution in [3.8, 4) is 0 Å². The Morgan fingerprint density at radius 1 is 1.18 bits per heavy atom. The molecule has 0 N–H and O–H groups in total. The number of fused-ring (bicyclic) bond motifs is 1. The van der Waals surface area contributed by atoms with Gasteiger partial charge in [-0.3, -0.25) is 9.47 Å². The second-order valence-corrected chi connectivity index (χ2v) is 7.81. The van der Waals surface area contributed by atoms with Crippen LogP contribution in [0.3, 0.4) is 0 Å². The minimum absolute atomic E-state index is 0.422. The van der Waals surface area contributed by atoms with Gasteiger partial charge in [-0.2, -0.15) is 11.8 Å². The normalized spacial score (nSPS) is 27.3. The van der Waals surface area contributed by atoms with Gasteiger partial charge in [0, 0.05) is 6.20 Å². The summed E-state index contributed by atoms with van der Waals surface area (Å²) in [5, 5.41) is 0.540. The average molecular weight is 316 g/mol. The standard InChI is InChI=1S/C17H24N4S/c1-20-11-4-2-9-15(20)21-16-13(7-6-10-18-16)19-17(21)14-8-3-5-12-22-14/h6-7,10,14-15H,2-5,8-9,11-12H2,1H3. The Balaban J connectivity index is 1.82. The predicted molar refractivity (Wildman–Crippen MR) is 92.1 cm³/mol. The van der Waals surface area contributed by atoms with Crippen LogP contribution in [0.5, 0.6) is 0 Å². The number of nitrogens with zero attached hydrogens (tertiary/aromatic N) is 4. The van der Waals surface area contributed by atoms with Crippen LogP contribution in [0.15, 0.2) is 18.3 Å². The molecule has 22 heavy (non-hydrogen) atoms. The lowest BCUT2D eigenvalue weighted by Crippen LogP contribution is -2.34. The highest BCUT2D eigenvalue weighted by molar-refractivity contribution is 7.99. The Kier molecular flexibility index (Phi) is 4.09. The van der Waals surface area contributed by atoms with Crippen LogP contribution < -0.4 is 0 Å². The molecule has 2 unspecified atom stereocenters. The Morgan fingerprint density at radius 3 is 2.91 bits per heavy atom. The summed E-state index contributed by atoms with van der Waals surface area (Å²) in [6.07, 6.45) is 10.1. The molecule has 2 aliphatic heterocycles. The van der Waals surface area contributed by atoms with Crippen molar-refractivity contribution in [3.63, 3.8) is 0 Å². The van der Waals surface area contributed by atoms with Gasteiger partial charge in [0.05, 0.1) is 11.4 Å². The number of rotatable bonds is 2. The Morgan fingerprint density at radius 2 is 2.09 bits per heavy atom. The quantitative estimate of drug-likeness (QED) is 0.838. The minimum Gasteiger partial charge on any atom is -0.295 e. The summed E-state index contributed by atoms with van der Waals surface area (Å²) < 4.78 is 2.46. The molecule has 0 spiro atoms. The lowest BCUT2D eigenvalue weighted by atomic mass is 10.1. The van der Waals surface area contributed by atoms with Crippen LogP contribution in [-0.4, -0.2) is 38.8 Å². The monoisotopic (exact) mass is 316 g/mol. The number of pyridine rings is 1. The first-order valence-electron chi connectivity index (χ1n) is 8.49. The molecule has 2 fully saturated rings. The average Bonchev–Trinajstić information content (AvgIpc) is 2.95. The second-order valence-electron chi connectivity index (χ2n) is 6.50. The first kappa shape index (κ1) is 14.5. The number of thioether (sulfide) groups is 1. The molecule has 2 aromatic rings. The first-order valence-corrected chi connectivity index (χ1v) is 9.54. The molecule has 4 heterocycles. The zero-order chi connectivity index (χ0) is 14.9. The fraction of sp³-hybridized carbons (Fsp3) is 0.647. The van der Waals surface area contributed by atoms with Gasteiger partial charge in [-0.15, -0.1) is 0 Å². The third kappa shape index (κ3) is 2.54. The van der Waals surface area contributed by atoms with Crippen LogP contribution in [0, 0.1) is 0 Å². The molecule has 2 atom stereocenters. The van der Waals surface area contributed by atoms with E-state index in [-0.39, 0.29) is 0 Å². The lowest BCUT2D eigenvalue weighted by molar-refractivity contribution is 0.127. The summed E-state index contributed by atoms with van der Waals surface area (Å²) >= 11 is 2.08. The number of hydrogen-bond acceptors (Lipinski definition) is 4. The van der Waals surface area contributed by atoms with Crippen LogP contribution in [-0.2, 0) is 0 Å². The van der Waals surface area contributed by atoms with Crippen molar-refractivity contribution in [2.45, 2.75) is 49.9 Å². The summed E-state index contributed by atoms with van der Waals surface area (Å²) in [5.74, 6) is 2.53. The molecule has 4 rings (SSSR count). The molecule has 0 aromatic carbocycles. The van der Waals surface area contributed by atoms with Crippen molar-refractivity contribution < 1.29 is 0 Å². The smallest absolute Gasteiger partial charge is 0.161 e. The third-order valence-corrected chi connectivity index (χ3v) is 6.35. The van der Waals surface area contributed by atoms with E-state index in [0.717, 1.165) is 11.2 Å². The van der Waals surface area contributed by atoms with Gasteiger partial charge in [0.15, 0.2) is 5.65 Å². The van der Waals surface area contributed by atoms with E-state index in [4.69, 9.17) is 4.98 Å². The summed E-state index contributed by atoms with van der Waals surface area (Å²) in [6, 6.07) is 4.11. The SMILES string of the molecule is CN1CCCCC1n1c(C2CCCCS2)nc2cccnc21. The minimum atomic E-state index is 0.422. The van der Waals surface area contributed by atoms with Crippen LogP contribution in [0.4, 0.5) is 0 Å². The number of likely N-dealkylation sites (tertiary alicyclic amines) is 1. The van der Waals surface area contributed by atoms with Gasteiger partial charge in [-0.25, -0.2) is 9.97 Å². The molecule has 2 aliphatic rings. The summed E-state index contributed by atoms with van der Waals surface area (Å²) in [5.41, 5.74) is 2.13. The maximum atomic E-state index is 5.00. The van der Waals surface area contributed by atoms with E-state index in [2.05, 4.69) is 39.3 Å². The molecular weight excluding hydrogens is 292 g/mol. The van der Waals surface area contributed by atoms with Crippen molar-refractivity contribution in [1.82, 2.24) is 19.4 Å². The van der Waals surface area contributed by atoms with Gasteiger partial charge in [0.25, 0.3) is 0 Å². The van der Waals surface area contributed by atoms with E-state index in [1.165, 1.54) is 56.6 Å². The highest BCUT2D eigenvalue weighted by Crippen LogP contribution is 2.41. The molecule has 0 bridgehead atoms. The number of piperidine rings is 1. The Labute approximate surface area is 136 Å². The van der Waals surface area contributed by atoms with E-state index < -0.39 is 0 Å². The van der Waals surface area contributed by atoms with Crippen molar-refractivity contribution in [2.75, 3.05) is 19.3 Å². The number of hydrogen-bond donors (Lipinski definition) is 0. The van der Waals surface area contributed by atoms with Gasteiger partial charge in [-0.05, 0) is 63.6 Å². The third-order valence-electron chi connectivity index (χ3n) is 4.97. The van der Waals surface area contributed by atoms with E-state index in [1.54, 1.807) is 0 Å². The summed E-state index contributed by atoms with van der Waals surface area (Å²) in [7, 11) is 2.25. The van der Waals surface area contributed by atoms with Gasteiger partial charge in [-0.1, -0.05) is 6.42 Å². The zero-order valence-electron chi connectivity index (χ0n) is 13.2. The Hall–Kier alpha value is -1.07. The molecule has 5 heteroatoms. The number of imidazole rings is 1. The maximum absolute atomic E-state index is 5.00. The molecular formula is C17H24N4S. The summed E-state index contributed by atoms with van der Waals surface area (Å²) in [4.78, 5) is 12.2. The lowest BCUT2D eigenvalue weighted by Gasteiger charge is -2.35. The van der Waals surface area contributed by atoms with Gasteiger partial charge in [0.1, 0.15) is 11.3 Å². The molecule has 0 radical (unpaired) electrons. The molecule has 2 aromatic heterocycles.